The minimum atomic E-state index is 0.149. The Kier molecular flexibility index (Phi) is 23.1. The molecule has 4 aromatic rings. The van der Waals surface area contributed by atoms with Gasteiger partial charge in [-0.1, -0.05) is 60.7 Å². The van der Waals surface area contributed by atoms with Crippen molar-refractivity contribution in [3.63, 3.8) is 0 Å². The normalized spacial score (nSPS) is 11.5. The zero-order valence-electron chi connectivity index (χ0n) is 25.8. The summed E-state index contributed by atoms with van der Waals surface area (Å²) in [6.07, 6.45) is 12.1. The van der Waals surface area contributed by atoms with E-state index in [1.54, 1.807) is 45.7 Å². The van der Waals surface area contributed by atoms with E-state index in [1.165, 1.54) is 72.8 Å². The van der Waals surface area contributed by atoms with E-state index in [-0.39, 0.29) is 21.1 Å². The van der Waals surface area contributed by atoms with Crippen molar-refractivity contribution in [1.82, 2.24) is 0 Å². The number of rotatable bonds is 14. The first-order valence-corrected chi connectivity index (χ1v) is 21.6. The van der Waals surface area contributed by atoms with E-state index in [0.717, 1.165) is 11.5 Å². The molecule has 0 aliphatic carbocycles. The van der Waals surface area contributed by atoms with E-state index in [4.69, 9.17) is 34.1 Å². The van der Waals surface area contributed by atoms with Gasteiger partial charge in [0.2, 0.25) is 0 Å². The summed E-state index contributed by atoms with van der Waals surface area (Å²) in [6.45, 7) is 4.58. The Morgan fingerprint density at radius 3 is 1.42 bits per heavy atom. The third kappa shape index (κ3) is 21.1. The number of hydrogen-bond acceptors (Lipinski definition) is 10. The molecule has 0 spiro atoms. The molecule has 0 bridgehead atoms. The van der Waals surface area contributed by atoms with Crippen LogP contribution in [0.4, 0.5) is 0 Å². The van der Waals surface area contributed by atoms with Crippen molar-refractivity contribution in [1.29, 1.82) is 0 Å². The quantitative estimate of drug-likeness (QED) is 0.0317. The van der Waals surface area contributed by atoms with Crippen molar-refractivity contribution >= 4 is 91.1 Å². The van der Waals surface area contributed by atoms with Gasteiger partial charge in [-0.3, -0.25) is 0 Å². The first kappa shape index (κ1) is 38.8. The summed E-state index contributed by atoms with van der Waals surface area (Å²) in [5.74, 6) is 2.93. The van der Waals surface area contributed by atoms with Crippen LogP contribution in [0, 0.1) is 0 Å². The molecule has 0 aliphatic heterocycles. The van der Waals surface area contributed by atoms with Gasteiger partial charge in [0.15, 0.2) is 0 Å². The van der Waals surface area contributed by atoms with Crippen molar-refractivity contribution in [2.75, 3.05) is 0 Å². The van der Waals surface area contributed by atoms with Gasteiger partial charge in [0.25, 0.3) is 0 Å². The van der Waals surface area contributed by atoms with Crippen LogP contribution < -0.4 is 0 Å². The molecule has 45 heavy (non-hydrogen) atoms. The number of unbranched alkanes of at least 4 members (excludes halogenated alkanes) is 2. The summed E-state index contributed by atoms with van der Waals surface area (Å²) in [6, 6.07) is 27.4. The maximum absolute atomic E-state index is 5.10. The fourth-order valence-corrected chi connectivity index (χ4v) is 9.00. The fourth-order valence-electron chi connectivity index (χ4n) is 3.22. The summed E-state index contributed by atoms with van der Waals surface area (Å²) in [7, 11) is 0. The molecule has 236 valence electrons. The van der Waals surface area contributed by atoms with Crippen molar-refractivity contribution in [2.24, 2.45) is 20.4 Å². The van der Waals surface area contributed by atoms with Crippen LogP contribution in [0.1, 0.15) is 62.2 Å². The van der Waals surface area contributed by atoms with Gasteiger partial charge < -0.3 is 34.1 Å². The predicted molar refractivity (Wildman–Crippen MR) is 203 cm³/mol. The van der Waals surface area contributed by atoms with Crippen LogP contribution in [0.2, 0.25) is 8.87 Å². The molecule has 0 fully saturated rings. The maximum atomic E-state index is 5.10. The standard InChI is InChI=1S/2C13H12N2OS2.2C4H9.Sn/c2*17-13(15-14-9-12-7-4-8-16-12)18-10-11-5-2-1-3-6-11;2*1-3-4-2;/h2*1-9H,10H2,(H,15,17);2*1,3-4H2,2H3;/q;;;;+2/p-2/b2*14-9-;;;. The van der Waals surface area contributed by atoms with E-state index in [9.17, 15) is 0 Å². The molecule has 0 radical (unpaired) electrons. The van der Waals surface area contributed by atoms with Crippen LogP contribution in [0.5, 0.6) is 0 Å². The largest absolute Gasteiger partial charge is 0.752 e. The van der Waals surface area contributed by atoms with Crippen LogP contribution in [-0.4, -0.2) is 42.3 Å². The average Bonchev–Trinajstić information content (AvgIpc) is 3.80. The van der Waals surface area contributed by atoms with Gasteiger partial charge in [0, 0.05) is 11.5 Å². The molecule has 0 N–H and O–H groups in total. The van der Waals surface area contributed by atoms with Gasteiger partial charge in [-0.25, -0.2) is 0 Å². The first-order chi connectivity index (χ1) is 22.1. The monoisotopic (exact) mass is 784 g/mol. The molecule has 11 heteroatoms. The van der Waals surface area contributed by atoms with Crippen LogP contribution >= 0.6 is 23.5 Å². The van der Waals surface area contributed by atoms with Gasteiger partial charge in [-0.15, -0.1) is 23.5 Å². The second-order valence-electron chi connectivity index (χ2n) is 9.26. The molecule has 0 saturated heterocycles. The van der Waals surface area contributed by atoms with Gasteiger partial charge in [-0.05, 0) is 44.1 Å². The second-order valence-corrected chi connectivity index (χ2v) is 16.8. The maximum Gasteiger partial charge on any atom is 0.146 e. The Labute approximate surface area is 298 Å². The molecule has 2 aromatic heterocycles. The summed E-state index contributed by atoms with van der Waals surface area (Å²) in [4.78, 5) is 0. The molecular formula is C34H40N4O2S4Sn. The molecular weight excluding hydrogens is 743 g/mol. The van der Waals surface area contributed by atoms with Crippen molar-refractivity contribution in [3.05, 3.63) is 120 Å². The van der Waals surface area contributed by atoms with E-state index in [2.05, 4.69) is 58.5 Å². The molecule has 2 heterocycles. The van der Waals surface area contributed by atoms with Crippen molar-refractivity contribution in [2.45, 2.75) is 59.9 Å². The number of benzene rings is 2. The molecule has 0 amide bonds. The van der Waals surface area contributed by atoms with Crippen LogP contribution in [0.15, 0.2) is 127 Å². The minimum Gasteiger partial charge on any atom is -0.752 e. The summed E-state index contributed by atoms with van der Waals surface area (Å²) >= 11 is 13.3. The SMILES string of the molecule is CCC[CH2][Sn+2][CH2]CCC.[S-]/C(=N\N=C/c1ccco1)SCc1ccccc1.[S-]/C(=N\N=C/c1ccco1)SCc1ccccc1. The Balaban J connectivity index is 0.000000250. The number of furan rings is 2. The van der Waals surface area contributed by atoms with Crippen molar-refractivity contribution < 1.29 is 8.83 Å². The molecule has 2 aromatic carbocycles. The molecule has 0 unspecified atom stereocenters. The van der Waals surface area contributed by atoms with Crippen LogP contribution in [0.3, 0.4) is 0 Å². The van der Waals surface area contributed by atoms with E-state index >= 15 is 0 Å². The Morgan fingerprint density at radius 1 is 0.644 bits per heavy atom. The van der Waals surface area contributed by atoms with E-state index in [1.807, 2.05) is 36.4 Å². The molecule has 0 saturated carbocycles. The third-order valence-corrected chi connectivity index (χ3v) is 12.1. The number of nitrogens with zero attached hydrogens (tertiary/aromatic N) is 4. The number of hydrogen-bond donors (Lipinski definition) is 0. The Hall–Kier alpha value is -2.38. The first-order valence-electron chi connectivity index (χ1n) is 14.8. The van der Waals surface area contributed by atoms with Crippen molar-refractivity contribution in [3.8, 4) is 0 Å². The Bertz CT molecular complexity index is 1260. The molecule has 0 atom stereocenters. The second kappa shape index (κ2) is 26.8. The smallest absolute Gasteiger partial charge is 0.146 e. The van der Waals surface area contributed by atoms with E-state index in [0.29, 0.717) is 20.3 Å². The van der Waals surface area contributed by atoms with Crippen LogP contribution in [0.25, 0.3) is 0 Å². The summed E-state index contributed by atoms with van der Waals surface area (Å²) < 4.78 is 14.5. The number of thioether (sulfide) groups is 2. The zero-order chi connectivity index (χ0) is 32.2. The molecule has 0 aliphatic rings. The average molecular weight is 784 g/mol. The molecule has 6 nitrogen and oxygen atoms in total. The van der Waals surface area contributed by atoms with Gasteiger partial charge in [-0.2, -0.15) is 20.4 Å². The van der Waals surface area contributed by atoms with E-state index < -0.39 is 0 Å². The minimum absolute atomic E-state index is 0.149. The van der Waals surface area contributed by atoms with Crippen LogP contribution in [-0.2, 0) is 36.8 Å². The topological polar surface area (TPSA) is 75.7 Å². The Morgan fingerprint density at radius 2 is 1.07 bits per heavy atom. The third-order valence-electron chi connectivity index (χ3n) is 5.56. The van der Waals surface area contributed by atoms with Gasteiger partial charge in [0.1, 0.15) is 11.5 Å². The van der Waals surface area contributed by atoms with Gasteiger partial charge in [0.05, 0.1) is 25.0 Å². The predicted octanol–water partition coefficient (Wildman–Crippen LogP) is 10.0. The zero-order valence-corrected chi connectivity index (χ0v) is 31.9. The summed E-state index contributed by atoms with van der Waals surface area (Å²) in [5, 5.41) is 15.6. The van der Waals surface area contributed by atoms with Gasteiger partial charge >= 0.3 is 69.5 Å². The summed E-state index contributed by atoms with van der Waals surface area (Å²) in [5.41, 5.74) is 2.44. The molecule has 4 rings (SSSR count). The fraction of sp³-hybridized carbons (Fsp3) is 0.294.